The maximum atomic E-state index is 12.4. The molecule has 0 heterocycles. The Morgan fingerprint density at radius 2 is 1.31 bits per heavy atom. The largest absolute Gasteiger partial charge is 0.514 e. The summed E-state index contributed by atoms with van der Waals surface area (Å²) in [5, 5.41) is 0. The van der Waals surface area contributed by atoms with E-state index in [1.54, 1.807) is 12.1 Å². The van der Waals surface area contributed by atoms with Gasteiger partial charge in [-0.1, -0.05) is 96.3 Å². The number of unbranched alkanes of at least 4 members (excludes halogenated alkanes) is 7. The van der Waals surface area contributed by atoms with Gasteiger partial charge >= 0.3 is 12.1 Å². The Labute approximate surface area is 220 Å². The highest BCUT2D eigenvalue weighted by molar-refractivity contribution is 5.69. The van der Waals surface area contributed by atoms with Gasteiger partial charge in [-0.05, 0) is 63.5 Å². The number of hydrogen-bond donors (Lipinski definition) is 0. The van der Waals surface area contributed by atoms with Crippen molar-refractivity contribution in [2.75, 3.05) is 6.61 Å². The molecule has 1 rings (SSSR count). The summed E-state index contributed by atoms with van der Waals surface area (Å²) >= 11 is 0. The van der Waals surface area contributed by atoms with E-state index in [2.05, 4.69) is 20.8 Å². The SMILES string of the molecule is CCCCCCC(CCCC)COC(=O)CCCC(CCCCCC)OC(=O)Oc1ccc(C)cc1. The van der Waals surface area contributed by atoms with E-state index in [9.17, 15) is 9.59 Å². The average Bonchev–Trinajstić information content (AvgIpc) is 2.86. The average molecular weight is 505 g/mol. The van der Waals surface area contributed by atoms with Crippen LogP contribution < -0.4 is 4.74 Å². The van der Waals surface area contributed by atoms with Gasteiger partial charge in [0.05, 0.1) is 6.61 Å². The highest BCUT2D eigenvalue weighted by Gasteiger charge is 2.18. The molecule has 0 fully saturated rings. The lowest BCUT2D eigenvalue weighted by molar-refractivity contribution is -0.145. The molecule has 1 aromatic carbocycles. The normalized spacial score (nSPS) is 12.7. The summed E-state index contributed by atoms with van der Waals surface area (Å²) in [5.41, 5.74) is 1.10. The number of carbonyl (C=O) groups is 2. The number of esters is 1. The maximum absolute atomic E-state index is 12.4. The number of benzene rings is 1. The summed E-state index contributed by atoms with van der Waals surface area (Å²) in [5.74, 6) is 0.806. The smallest absolute Gasteiger partial charge is 0.465 e. The van der Waals surface area contributed by atoms with Crippen LogP contribution >= 0.6 is 0 Å². The second kappa shape index (κ2) is 21.1. The molecule has 0 saturated heterocycles. The first-order valence-electron chi connectivity index (χ1n) is 14.6. The molecular weight excluding hydrogens is 452 g/mol. The molecule has 0 N–H and O–H groups in total. The van der Waals surface area contributed by atoms with Crippen molar-refractivity contribution in [3.05, 3.63) is 29.8 Å². The molecule has 2 unspecified atom stereocenters. The van der Waals surface area contributed by atoms with Crippen molar-refractivity contribution in [2.24, 2.45) is 5.92 Å². The van der Waals surface area contributed by atoms with E-state index in [1.807, 2.05) is 19.1 Å². The Morgan fingerprint density at radius 1 is 0.722 bits per heavy atom. The first kappa shape index (κ1) is 32.0. The summed E-state index contributed by atoms with van der Waals surface area (Å²) in [7, 11) is 0. The van der Waals surface area contributed by atoms with E-state index < -0.39 is 6.16 Å². The molecule has 0 bridgehead atoms. The van der Waals surface area contributed by atoms with Gasteiger partial charge in [0.2, 0.25) is 0 Å². The molecular formula is C31H52O5. The Balaban J connectivity index is 2.44. The first-order chi connectivity index (χ1) is 17.5. The summed E-state index contributed by atoms with van der Waals surface area (Å²) in [6.45, 7) is 9.13. The fourth-order valence-corrected chi connectivity index (χ4v) is 4.34. The lowest BCUT2D eigenvalue weighted by atomic mass is 9.96. The number of aryl methyl sites for hydroxylation is 1. The topological polar surface area (TPSA) is 61.8 Å². The van der Waals surface area contributed by atoms with Crippen molar-refractivity contribution < 1.29 is 23.8 Å². The number of hydrogen-bond acceptors (Lipinski definition) is 5. The number of rotatable bonds is 21. The van der Waals surface area contributed by atoms with Gasteiger partial charge in [0.15, 0.2) is 0 Å². The van der Waals surface area contributed by atoms with Crippen molar-refractivity contribution in [3.63, 3.8) is 0 Å². The molecule has 0 aromatic heterocycles. The highest BCUT2D eigenvalue weighted by atomic mass is 16.7. The van der Waals surface area contributed by atoms with Crippen LogP contribution in [0, 0.1) is 12.8 Å². The van der Waals surface area contributed by atoms with E-state index in [4.69, 9.17) is 14.2 Å². The van der Waals surface area contributed by atoms with Crippen molar-refractivity contribution in [3.8, 4) is 5.75 Å². The zero-order valence-electron chi connectivity index (χ0n) is 23.5. The lowest BCUT2D eigenvalue weighted by Crippen LogP contribution is -2.22. The third kappa shape index (κ3) is 16.6. The van der Waals surface area contributed by atoms with Gasteiger partial charge in [0, 0.05) is 6.42 Å². The van der Waals surface area contributed by atoms with Crippen LogP contribution in [0.4, 0.5) is 4.79 Å². The molecule has 0 radical (unpaired) electrons. The Bertz CT molecular complexity index is 685. The molecule has 1 aromatic rings. The van der Waals surface area contributed by atoms with Gasteiger partial charge in [-0.25, -0.2) is 4.79 Å². The van der Waals surface area contributed by atoms with Crippen LogP contribution in [0.25, 0.3) is 0 Å². The fourth-order valence-electron chi connectivity index (χ4n) is 4.34. The maximum Gasteiger partial charge on any atom is 0.514 e. The zero-order chi connectivity index (χ0) is 26.4. The van der Waals surface area contributed by atoms with Crippen LogP contribution in [-0.4, -0.2) is 24.8 Å². The lowest BCUT2D eigenvalue weighted by Gasteiger charge is -2.18. The van der Waals surface area contributed by atoms with E-state index in [1.165, 1.54) is 44.9 Å². The van der Waals surface area contributed by atoms with Gasteiger partial charge in [-0.2, -0.15) is 0 Å². The predicted molar refractivity (Wildman–Crippen MR) is 147 cm³/mol. The van der Waals surface area contributed by atoms with Gasteiger partial charge < -0.3 is 14.2 Å². The number of ether oxygens (including phenoxy) is 3. The van der Waals surface area contributed by atoms with Crippen LogP contribution in [-0.2, 0) is 14.3 Å². The molecule has 0 aliphatic heterocycles. The zero-order valence-corrected chi connectivity index (χ0v) is 23.5. The molecule has 36 heavy (non-hydrogen) atoms. The molecule has 0 saturated carbocycles. The standard InChI is InChI=1S/C31H52O5/c1-5-8-11-13-17-27(16-10-7-3)25-34-30(32)20-15-19-28(18-14-12-9-6-2)35-31(33)36-29-23-21-26(4)22-24-29/h21-24,27-28H,5-20,25H2,1-4H3. The second-order valence-corrected chi connectivity index (χ2v) is 10.2. The van der Waals surface area contributed by atoms with Crippen LogP contribution in [0.1, 0.15) is 129 Å². The van der Waals surface area contributed by atoms with E-state index in [0.29, 0.717) is 37.5 Å². The molecule has 0 spiro atoms. The molecule has 5 heteroatoms. The second-order valence-electron chi connectivity index (χ2n) is 10.2. The summed E-state index contributed by atoms with van der Waals surface area (Å²) in [4.78, 5) is 24.8. The minimum atomic E-state index is -0.677. The third-order valence-corrected chi connectivity index (χ3v) is 6.68. The minimum absolute atomic E-state index is 0.142. The van der Waals surface area contributed by atoms with Crippen LogP contribution in [0.5, 0.6) is 5.75 Å². The Hall–Kier alpha value is -2.04. The van der Waals surface area contributed by atoms with E-state index >= 15 is 0 Å². The Morgan fingerprint density at radius 3 is 1.94 bits per heavy atom. The van der Waals surface area contributed by atoms with Gasteiger partial charge in [0.1, 0.15) is 11.9 Å². The van der Waals surface area contributed by atoms with Crippen LogP contribution in [0.3, 0.4) is 0 Å². The minimum Gasteiger partial charge on any atom is -0.465 e. The summed E-state index contributed by atoms with van der Waals surface area (Å²) in [6, 6.07) is 7.32. The first-order valence-corrected chi connectivity index (χ1v) is 14.6. The highest BCUT2D eigenvalue weighted by Crippen LogP contribution is 2.20. The van der Waals surface area contributed by atoms with Crippen molar-refractivity contribution in [1.82, 2.24) is 0 Å². The third-order valence-electron chi connectivity index (χ3n) is 6.68. The monoisotopic (exact) mass is 504 g/mol. The van der Waals surface area contributed by atoms with Crippen LogP contribution in [0.2, 0.25) is 0 Å². The molecule has 0 aliphatic rings. The van der Waals surface area contributed by atoms with Crippen LogP contribution in [0.15, 0.2) is 24.3 Å². The number of carbonyl (C=O) groups excluding carboxylic acids is 2. The quantitative estimate of drug-likeness (QED) is 0.0948. The fraction of sp³-hybridized carbons (Fsp3) is 0.742. The van der Waals surface area contributed by atoms with E-state index in [-0.39, 0.29) is 12.1 Å². The molecule has 0 aliphatic carbocycles. The molecule has 2 atom stereocenters. The van der Waals surface area contributed by atoms with Gasteiger partial charge in [-0.3, -0.25) is 4.79 Å². The van der Waals surface area contributed by atoms with Gasteiger partial charge in [0.25, 0.3) is 0 Å². The van der Waals surface area contributed by atoms with E-state index in [0.717, 1.165) is 44.1 Å². The van der Waals surface area contributed by atoms with Crippen molar-refractivity contribution in [2.45, 2.75) is 137 Å². The molecule has 5 nitrogen and oxygen atoms in total. The van der Waals surface area contributed by atoms with Gasteiger partial charge in [-0.15, -0.1) is 0 Å². The molecule has 0 amide bonds. The van der Waals surface area contributed by atoms with Crippen molar-refractivity contribution in [1.29, 1.82) is 0 Å². The molecule has 206 valence electrons. The summed E-state index contributed by atoms with van der Waals surface area (Å²) in [6.07, 6.45) is 15.6. The Kier molecular flexibility index (Phi) is 18.7. The predicted octanol–water partition coefficient (Wildman–Crippen LogP) is 9.34. The van der Waals surface area contributed by atoms with Crippen molar-refractivity contribution >= 4 is 12.1 Å². The summed E-state index contributed by atoms with van der Waals surface area (Å²) < 4.78 is 16.6.